The molecule has 124 valence electrons. The van der Waals surface area contributed by atoms with Gasteiger partial charge in [-0.05, 0) is 36.8 Å². The van der Waals surface area contributed by atoms with Crippen LogP contribution in [0.3, 0.4) is 0 Å². The van der Waals surface area contributed by atoms with Gasteiger partial charge in [-0.25, -0.2) is 0 Å². The third-order valence-electron chi connectivity index (χ3n) is 4.16. The van der Waals surface area contributed by atoms with Gasteiger partial charge in [-0.15, -0.1) is 11.3 Å². The van der Waals surface area contributed by atoms with E-state index in [4.69, 9.17) is 4.74 Å². The number of ether oxygens (including phenoxy) is 1. The Kier molecular flexibility index (Phi) is 7.74. The Balaban J connectivity index is 1.61. The van der Waals surface area contributed by atoms with Crippen molar-refractivity contribution in [2.45, 2.75) is 58.1 Å². The van der Waals surface area contributed by atoms with Gasteiger partial charge in [0.05, 0.1) is 19.3 Å². The van der Waals surface area contributed by atoms with Crippen molar-refractivity contribution in [3.05, 3.63) is 21.9 Å². The molecule has 2 rings (SSSR count). The van der Waals surface area contributed by atoms with E-state index in [2.05, 4.69) is 34.0 Å². The van der Waals surface area contributed by atoms with E-state index in [1.807, 2.05) is 7.05 Å². The third kappa shape index (κ3) is 5.97. The molecule has 1 heterocycles. The van der Waals surface area contributed by atoms with Crippen molar-refractivity contribution in [3.63, 3.8) is 0 Å². The summed E-state index contributed by atoms with van der Waals surface area (Å²) < 4.78 is 5.98. The van der Waals surface area contributed by atoms with Crippen molar-refractivity contribution in [1.29, 1.82) is 0 Å². The molecule has 0 aromatic carbocycles. The Morgan fingerprint density at radius 1 is 1.27 bits per heavy atom. The number of rotatable bonds is 6. The Morgan fingerprint density at radius 2 is 2.05 bits per heavy atom. The summed E-state index contributed by atoms with van der Waals surface area (Å²) in [6.45, 7) is 4.53. The minimum atomic E-state index is 0.466. The molecule has 1 saturated carbocycles. The lowest BCUT2D eigenvalue weighted by Gasteiger charge is -2.16. The smallest absolute Gasteiger partial charge is 0.191 e. The van der Waals surface area contributed by atoms with E-state index in [0.717, 1.165) is 25.7 Å². The molecule has 2 N–H and O–H groups in total. The number of guanidine groups is 1. The summed E-state index contributed by atoms with van der Waals surface area (Å²) in [4.78, 5) is 5.62. The van der Waals surface area contributed by atoms with Crippen molar-refractivity contribution in [2.24, 2.45) is 4.99 Å². The first kappa shape index (κ1) is 17.3. The monoisotopic (exact) mass is 323 g/mol. The van der Waals surface area contributed by atoms with Gasteiger partial charge in [-0.3, -0.25) is 4.99 Å². The number of thiophene rings is 1. The van der Waals surface area contributed by atoms with Crippen molar-refractivity contribution in [2.75, 3.05) is 20.2 Å². The Bertz CT molecular complexity index is 451. The Morgan fingerprint density at radius 3 is 2.68 bits per heavy atom. The molecule has 1 fully saturated rings. The summed E-state index contributed by atoms with van der Waals surface area (Å²) in [5.74, 6) is 0.845. The average molecular weight is 324 g/mol. The second kappa shape index (κ2) is 9.85. The SMILES string of the molecule is CN=C(NCCOC1CCCCCC1)NCc1sccc1C. The molecule has 5 heteroatoms. The van der Waals surface area contributed by atoms with Crippen LogP contribution in [0.15, 0.2) is 16.4 Å². The van der Waals surface area contributed by atoms with Crippen LogP contribution >= 0.6 is 11.3 Å². The van der Waals surface area contributed by atoms with Crippen LogP contribution in [-0.2, 0) is 11.3 Å². The molecule has 0 atom stereocenters. The maximum atomic E-state index is 5.98. The van der Waals surface area contributed by atoms with E-state index in [9.17, 15) is 0 Å². The summed E-state index contributed by atoms with van der Waals surface area (Å²) >= 11 is 1.78. The third-order valence-corrected chi connectivity index (χ3v) is 5.18. The van der Waals surface area contributed by atoms with E-state index in [-0.39, 0.29) is 0 Å². The lowest BCUT2D eigenvalue weighted by Crippen LogP contribution is -2.38. The molecule has 1 aromatic rings. The second-order valence-electron chi connectivity index (χ2n) is 5.86. The summed E-state index contributed by atoms with van der Waals surface area (Å²) in [5.41, 5.74) is 1.34. The Hall–Kier alpha value is -1.07. The van der Waals surface area contributed by atoms with Gasteiger partial charge in [0.1, 0.15) is 0 Å². The lowest BCUT2D eigenvalue weighted by molar-refractivity contribution is 0.0468. The highest BCUT2D eigenvalue weighted by molar-refractivity contribution is 7.10. The maximum Gasteiger partial charge on any atom is 0.191 e. The fourth-order valence-electron chi connectivity index (χ4n) is 2.77. The van der Waals surface area contributed by atoms with Crippen LogP contribution < -0.4 is 10.6 Å². The summed E-state index contributed by atoms with van der Waals surface area (Å²) in [7, 11) is 1.81. The van der Waals surface area contributed by atoms with Crippen molar-refractivity contribution in [3.8, 4) is 0 Å². The predicted octanol–water partition coefficient (Wildman–Crippen LogP) is 3.46. The van der Waals surface area contributed by atoms with Crippen LogP contribution in [0.5, 0.6) is 0 Å². The van der Waals surface area contributed by atoms with Gasteiger partial charge >= 0.3 is 0 Å². The topological polar surface area (TPSA) is 45.7 Å². The quantitative estimate of drug-likeness (QED) is 0.365. The molecule has 0 amide bonds. The van der Waals surface area contributed by atoms with Gasteiger partial charge in [0.15, 0.2) is 5.96 Å². The molecule has 0 bridgehead atoms. The zero-order valence-corrected chi connectivity index (χ0v) is 14.7. The van der Waals surface area contributed by atoms with Crippen LogP contribution in [0.25, 0.3) is 0 Å². The number of aryl methyl sites for hydroxylation is 1. The number of aliphatic imine (C=N–C) groups is 1. The van der Waals surface area contributed by atoms with E-state index in [0.29, 0.717) is 6.10 Å². The summed E-state index contributed by atoms with van der Waals surface area (Å²) in [5, 5.41) is 8.81. The highest BCUT2D eigenvalue weighted by atomic mass is 32.1. The first-order valence-electron chi connectivity index (χ1n) is 8.38. The van der Waals surface area contributed by atoms with E-state index in [1.165, 1.54) is 49.0 Å². The maximum absolute atomic E-state index is 5.98. The van der Waals surface area contributed by atoms with Crippen LogP contribution in [0, 0.1) is 6.92 Å². The van der Waals surface area contributed by atoms with Crippen LogP contribution in [0.2, 0.25) is 0 Å². The zero-order chi connectivity index (χ0) is 15.6. The molecule has 22 heavy (non-hydrogen) atoms. The molecular weight excluding hydrogens is 294 g/mol. The Labute approximate surface area is 138 Å². The van der Waals surface area contributed by atoms with E-state index in [1.54, 1.807) is 11.3 Å². The molecule has 0 aliphatic heterocycles. The van der Waals surface area contributed by atoms with Gasteiger partial charge < -0.3 is 15.4 Å². The van der Waals surface area contributed by atoms with Crippen molar-refractivity contribution in [1.82, 2.24) is 10.6 Å². The van der Waals surface area contributed by atoms with Gasteiger partial charge in [0.2, 0.25) is 0 Å². The molecule has 0 spiro atoms. The fraction of sp³-hybridized carbons (Fsp3) is 0.706. The van der Waals surface area contributed by atoms with Crippen LogP contribution in [0.1, 0.15) is 49.0 Å². The summed E-state index contributed by atoms with van der Waals surface area (Å²) in [6.07, 6.45) is 8.30. The molecule has 1 aromatic heterocycles. The number of hydrogen-bond acceptors (Lipinski definition) is 3. The van der Waals surface area contributed by atoms with Crippen LogP contribution in [0.4, 0.5) is 0 Å². The molecule has 0 saturated heterocycles. The van der Waals surface area contributed by atoms with Crippen molar-refractivity contribution >= 4 is 17.3 Å². The lowest BCUT2D eigenvalue weighted by atomic mass is 10.1. The molecule has 0 unspecified atom stereocenters. The number of hydrogen-bond donors (Lipinski definition) is 2. The van der Waals surface area contributed by atoms with Crippen LogP contribution in [-0.4, -0.2) is 32.3 Å². The molecule has 0 radical (unpaired) electrons. The minimum absolute atomic E-state index is 0.466. The molecule has 4 nitrogen and oxygen atoms in total. The van der Waals surface area contributed by atoms with E-state index >= 15 is 0 Å². The standard InChI is InChI=1S/C17H29N3OS/c1-14-9-12-22-16(14)13-20-17(18-2)19-10-11-21-15-7-5-3-4-6-8-15/h9,12,15H,3-8,10-11,13H2,1-2H3,(H2,18,19,20). The normalized spacial score (nSPS) is 17.3. The highest BCUT2D eigenvalue weighted by Gasteiger charge is 2.12. The summed E-state index contributed by atoms with van der Waals surface area (Å²) in [6, 6.07) is 2.15. The number of nitrogens with zero attached hydrogens (tertiary/aromatic N) is 1. The van der Waals surface area contributed by atoms with E-state index < -0.39 is 0 Å². The molecule has 1 aliphatic rings. The first-order chi connectivity index (χ1) is 10.8. The predicted molar refractivity (Wildman–Crippen MR) is 94.7 cm³/mol. The highest BCUT2D eigenvalue weighted by Crippen LogP contribution is 2.19. The first-order valence-corrected chi connectivity index (χ1v) is 9.26. The fourth-order valence-corrected chi connectivity index (χ4v) is 3.62. The molecular formula is C17H29N3OS. The second-order valence-corrected chi connectivity index (χ2v) is 6.86. The largest absolute Gasteiger partial charge is 0.376 e. The van der Waals surface area contributed by atoms with Gasteiger partial charge in [0.25, 0.3) is 0 Å². The van der Waals surface area contributed by atoms with Gasteiger partial charge in [0, 0.05) is 18.5 Å². The van der Waals surface area contributed by atoms with Gasteiger partial charge in [-0.2, -0.15) is 0 Å². The van der Waals surface area contributed by atoms with Gasteiger partial charge in [-0.1, -0.05) is 25.7 Å². The zero-order valence-electron chi connectivity index (χ0n) is 13.9. The average Bonchev–Trinajstić information content (AvgIpc) is 2.77. The van der Waals surface area contributed by atoms with Crippen molar-refractivity contribution < 1.29 is 4.74 Å². The minimum Gasteiger partial charge on any atom is -0.376 e. The molecule has 1 aliphatic carbocycles. The number of nitrogens with one attached hydrogen (secondary N) is 2.